The quantitative estimate of drug-likeness (QED) is 0.127. The Morgan fingerprint density at radius 2 is 1.40 bits per heavy atom. The van der Waals surface area contributed by atoms with E-state index in [1.165, 1.54) is 14.2 Å². The van der Waals surface area contributed by atoms with Crippen LogP contribution < -0.4 is 5.32 Å². The van der Waals surface area contributed by atoms with Crippen LogP contribution in [0, 0.1) is 41.4 Å². The molecule has 1 fully saturated rings. The van der Waals surface area contributed by atoms with Crippen LogP contribution in [0.1, 0.15) is 107 Å². The van der Waals surface area contributed by atoms with Crippen LogP contribution in [0.5, 0.6) is 0 Å². The van der Waals surface area contributed by atoms with E-state index in [0.29, 0.717) is 25.8 Å². The van der Waals surface area contributed by atoms with E-state index < -0.39 is 54.2 Å². The minimum atomic E-state index is -0.903. The van der Waals surface area contributed by atoms with E-state index in [1.807, 2.05) is 92.6 Å². The third-order valence-electron chi connectivity index (χ3n) is 13.0. The molecule has 10 atom stereocenters. The van der Waals surface area contributed by atoms with Crippen molar-refractivity contribution >= 4 is 35.4 Å². The maximum Gasteiger partial charge on any atom is 0.328 e. The van der Waals surface area contributed by atoms with Crippen LogP contribution in [0.25, 0.3) is 0 Å². The topological polar surface area (TPSA) is 152 Å². The number of likely N-dealkylation sites (N-methyl/N-ethyl adjacent to an activating group) is 2. The molecule has 4 amide bonds. The molecule has 1 heterocycles. The highest BCUT2D eigenvalue weighted by molar-refractivity contribution is 5.93. The summed E-state index contributed by atoms with van der Waals surface area (Å²) < 4.78 is 17.0. The predicted molar refractivity (Wildman–Crippen MR) is 234 cm³/mol. The Morgan fingerprint density at radius 3 is 1.90 bits per heavy atom. The first-order valence-electron chi connectivity index (χ1n) is 22.0. The highest BCUT2D eigenvalue weighted by Crippen LogP contribution is 2.31. The SMILES string of the molecule is CC[C@H](C)[C@@H]([C@@H](CC(=O)N1CCC[C@H]1[C@H](OC)[C@@H](C)C(=O)N[C@@H](Cc1ccccc1)C(=O)OC)OC)N(C)C(=O)[C@@H](CC(=O)[C@H](C(C)C)N(C)C(=O)[C@@H](C)C(C)C)C(C)C. The van der Waals surface area contributed by atoms with E-state index in [4.69, 9.17) is 14.2 Å². The molecule has 13 heteroatoms. The van der Waals surface area contributed by atoms with Gasteiger partial charge in [-0.1, -0.05) is 106 Å². The van der Waals surface area contributed by atoms with Crippen LogP contribution in [0.4, 0.5) is 0 Å². The Balaban J connectivity index is 2.32. The van der Waals surface area contributed by atoms with Gasteiger partial charge in [-0.2, -0.15) is 0 Å². The van der Waals surface area contributed by atoms with Gasteiger partial charge >= 0.3 is 5.97 Å². The van der Waals surface area contributed by atoms with Crippen molar-refractivity contribution in [3.8, 4) is 0 Å². The summed E-state index contributed by atoms with van der Waals surface area (Å²) in [6, 6.07) is 6.89. The molecular weight excluding hydrogens is 765 g/mol. The lowest BCUT2D eigenvalue weighted by Crippen LogP contribution is -2.55. The van der Waals surface area contributed by atoms with Gasteiger partial charge in [0, 0.05) is 59.5 Å². The van der Waals surface area contributed by atoms with E-state index in [9.17, 15) is 28.8 Å². The van der Waals surface area contributed by atoms with Gasteiger partial charge in [-0.25, -0.2) is 4.79 Å². The van der Waals surface area contributed by atoms with E-state index in [0.717, 1.165) is 5.56 Å². The van der Waals surface area contributed by atoms with Crippen LogP contribution in [0.15, 0.2) is 30.3 Å². The molecule has 60 heavy (non-hydrogen) atoms. The average Bonchev–Trinajstić information content (AvgIpc) is 3.70. The second kappa shape index (κ2) is 24.6. The normalized spacial score (nSPS) is 18.8. The Morgan fingerprint density at radius 1 is 0.783 bits per heavy atom. The fourth-order valence-electron chi connectivity index (χ4n) is 8.78. The zero-order chi connectivity index (χ0) is 45.6. The fourth-order valence-corrected chi connectivity index (χ4v) is 8.78. The molecule has 1 N–H and O–H groups in total. The lowest BCUT2D eigenvalue weighted by Gasteiger charge is -2.41. The summed E-state index contributed by atoms with van der Waals surface area (Å²) in [5.74, 6) is -3.46. The van der Waals surface area contributed by atoms with Gasteiger partial charge in [0.15, 0.2) is 5.78 Å². The lowest BCUT2D eigenvalue weighted by atomic mass is 9.83. The van der Waals surface area contributed by atoms with Gasteiger partial charge in [0.05, 0.1) is 49.8 Å². The molecular formula is C47H78N4O9. The second-order valence-corrected chi connectivity index (χ2v) is 18.1. The largest absolute Gasteiger partial charge is 0.467 e. The van der Waals surface area contributed by atoms with Gasteiger partial charge in [0.2, 0.25) is 23.6 Å². The number of carbonyl (C=O) groups is 6. The Bertz CT molecular complexity index is 1550. The fraction of sp³-hybridized carbons (Fsp3) is 0.745. The number of carbonyl (C=O) groups excluding carboxylic acids is 6. The van der Waals surface area contributed by atoms with E-state index in [-0.39, 0.29) is 78.3 Å². The highest BCUT2D eigenvalue weighted by Gasteiger charge is 2.44. The van der Waals surface area contributed by atoms with Crippen LogP contribution in [0.2, 0.25) is 0 Å². The molecule has 0 spiro atoms. The summed E-state index contributed by atoms with van der Waals surface area (Å²) in [6.45, 7) is 19.8. The number of hydrogen-bond acceptors (Lipinski definition) is 9. The van der Waals surface area contributed by atoms with Crippen LogP contribution in [-0.2, 0) is 49.4 Å². The third-order valence-corrected chi connectivity index (χ3v) is 13.0. The lowest BCUT2D eigenvalue weighted by molar-refractivity contribution is -0.150. The summed E-state index contributed by atoms with van der Waals surface area (Å²) in [5, 5.41) is 2.86. The predicted octanol–water partition coefficient (Wildman–Crippen LogP) is 5.81. The number of likely N-dealkylation sites (tertiary alicyclic amines) is 1. The molecule has 1 aromatic rings. The van der Waals surface area contributed by atoms with Crippen molar-refractivity contribution in [2.75, 3.05) is 42.0 Å². The maximum absolute atomic E-state index is 14.6. The van der Waals surface area contributed by atoms with Crippen LogP contribution in [-0.4, -0.2) is 128 Å². The molecule has 0 radical (unpaired) electrons. The number of methoxy groups -OCH3 is 3. The number of nitrogens with one attached hydrogen (secondary N) is 1. The smallest absolute Gasteiger partial charge is 0.328 e. The van der Waals surface area contributed by atoms with Crippen molar-refractivity contribution < 1.29 is 43.0 Å². The highest BCUT2D eigenvalue weighted by atomic mass is 16.5. The number of hydrogen-bond donors (Lipinski definition) is 1. The zero-order valence-electron chi connectivity index (χ0n) is 39.4. The summed E-state index contributed by atoms with van der Waals surface area (Å²) >= 11 is 0. The van der Waals surface area contributed by atoms with Crippen molar-refractivity contribution in [3.63, 3.8) is 0 Å². The Labute approximate surface area is 361 Å². The maximum atomic E-state index is 14.6. The summed E-state index contributed by atoms with van der Waals surface area (Å²) in [4.78, 5) is 87.8. The minimum Gasteiger partial charge on any atom is -0.467 e. The van der Waals surface area contributed by atoms with Gasteiger partial charge in [-0.05, 0) is 42.1 Å². The van der Waals surface area contributed by atoms with Crippen molar-refractivity contribution in [2.45, 2.75) is 144 Å². The molecule has 2 rings (SSSR count). The van der Waals surface area contributed by atoms with E-state index in [1.54, 1.807) is 42.8 Å². The number of nitrogens with zero attached hydrogens (tertiary/aromatic N) is 3. The molecule has 0 bridgehead atoms. The van der Waals surface area contributed by atoms with E-state index >= 15 is 0 Å². The zero-order valence-corrected chi connectivity index (χ0v) is 39.4. The molecule has 0 saturated carbocycles. The molecule has 0 aliphatic carbocycles. The molecule has 0 aromatic heterocycles. The summed E-state index contributed by atoms with van der Waals surface area (Å²) in [7, 11) is 7.77. The molecule has 1 aromatic carbocycles. The monoisotopic (exact) mass is 843 g/mol. The molecule has 1 saturated heterocycles. The Kier molecular flexibility index (Phi) is 21.4. The molecule has 340 valence electrons. The van der Waals surface area contributed by atoms with Gasteiger partial charge < -0.3 is 34.2 Å². The number of ketones is 1. The number of benzene rings is 1. The summed E-state index contributed by atoms with van der Waals surface area (Å²) in [5.41, 5.74) is 0.869. The third kappa shape index (κ3) is 13.6. The molecule has 1 aliphatic rings. The van der Waals surface area contributed by atoms with Crippen molar-refractivity contribution in [1.29, 1.82) is 0 Å². The Hall–Kier alpha value is -3.84. The number of ether oxygens (including phenoxy) is 3. The van der Waals surface area contributed by atoms with Gasteiger partial charge in [0.25, 0.3) is 0 Å². The number of Topliss-reactive ketones (excluding diaryl/α,β-unsaturated/α-hetero) is 1. The van der Waals surface area contributed by atoms with Crippen molar-refractivity contribution in [3.05, 3.63) is 35.9 Å². The van der Waals surface area contributed by atoms with Crippen molar-refractivity contribution in [1.82, 2.24) is 20.0 Å². The van der Waals surface area contributed by atoms with Gasteiger partial charge in [-0.15, -0.1) is 0 Å². The minimum absolute atomic E-state index is 0.0141. The first-order valence-corrected chi connectivity index (χ1v) is 22.0. The van der Waals surface area contributed by atoms with E-state index in [2.05, 4.69) is 5.32 Å². The average molecular weight is 843 g/mol. The number of rotatable bonds is 24. The standard InChI is InChI=1S/C47H78N4O9/c1-16-31(8)42(50(12)46(56)35(29(4)5)26-38(52)41(30(6)7)49(11)45(55)32(9)28(2)3)39(58-13)27-40(53)51-24-20-23-37(51)43(59-14)33(10)44(54)48-36(47(57)60-15)25-34-21-18-17-19-22-34/h17-19,21-22,28-33,35-37,39,41-43H,16,20,23-27H2,1-15H3,(H,48,54)/t31-,32-,33+,35-,36-,37-,39+,41-,42-,43+/m0/s1. The molecule has 0 unspecified atom stereocenters. The summed E-state index contributed by atoms with van der Waals surface area (Å²) in [6.07, 6.45) is 0.933. The van der Waals surface area contributed by atoms with Crippen molar-refractivity contribution in [2.24, 2.45) is 41.4 Å². The second-order valence-electron chi connectivity index (χ2n) is 18.1. The van der Waals surface area contributed by atoms with Gasteiger partial charge in [-0.3, -0.25) is 24.0 Å². The first-order chi connectivity index (χ1) is 28.2. The molecule has 13 nitrogen and oxygen atoms in total. The molecule has 1 aliphatic heterocycles. The number of esters is 1. The van der Waals surface area contributed by atoms with Crippen LogP contribution in [0.3, 0.4) is 0 Å². The van der Waals surface area contributed by atoms with Crippen LogP contribution >= 0.6 is 0 Å². The van der Waals surface area contributed by atoms with Gasteiger partial charge in [0.1, 0.15) is 6.04 Å². The first kappa shape index (κ1) is 52.3. The number of amides is 4.